The summed E-state index contributed by atoms with van der Waals surface area (Å²) in [5.74, 6) is 0. The van der Waals surface area contributed by atoms with E-state index in [0.717, 1.165) is 0 Å². The third-order valence-corrected chi connectivity index (χ3v) is 4.35. The van der Waals surface area contributed by atoms with Crippen molar-refractivity contribution in [2.24, 2.45) is 0 Å². The van der Waals surface area contributed by atoms with Crippen LogP contribution < -0.4 is 0 Å². The van der Waals surface area contributed by atoms with Crippen molar-refractivity contribution in [3.05, 3.63) is 0 Å². The van der Waals surface area contributed by atoms with Gasteiger partial charge in [-0.25, -0.2) is 0 Å². The average Bonchev–Trinajstić information content (AvgIpc) is 2.60. The summed E-state index contributed by atoms with van der Waals surface area (Å²) in [6, 6.07) is 0. The monoisotopic (exact) mass is 370 g/mol. The molecule has 2 aliphatic heterocycles. The molecule has 2 aliphatic rings. The largest absolute Gasteiger partial charge is 0.394 e. The molecule has 11 heteroatoms. The highest BCUT2D eigenvalue weighted by atomic mass is 16.8. The Hall–Kier alpha value is -0.440. The molecule has 0 aromatic carbocycles. The van der Waals surface area contributed by atoms with Crippen molar-refractivity contribution in [2.75, 3.05) is 20.5 Å². The molecule has 2 heterocycles. The van der Waals surface area contributed by atoms with Crippen molar-refractivity contribution in [3.8, 4) is 0 Å². The predicted octanol–water partition coefficient (Wildman–Crippen LogP) is -3.74. The number of hydrogen-bond donors (Lipinski definition) is 6. The summed E-state index contributed by atoms with van der Waals surface area (Å²) in [4.78, 5) is 0. The van der Waals surface area contributed by atoms with Gasteiger partial charge in [-0.15, -0.1) is 0 Å². The van der Waals surface area contributed by atoms with E-state index in [0.29, 0.717) is 0 Å². The van der Waals surface area contributed by atoms with Crippen LogP contribution in [0.4, 0.5) is 0 Å². The second kappa shape index (κ2) is 8.97. The minimum Gasteiger partial charge on any atom is -0.394 e. The first kappa shape index (κ1) is 20.9. The van der Waals surface area contributed by atoms with Gasteiger partial charge in [-0.1, -0.05) is 0 Å². The summed E-state index contributed by atoms with van der Waals surface area (Å²) in [6.07, 6.45) is -12.2. The zero-order valence-corrected chi connectivity index (χ0v) is 13.9. The van der Waals surface area contributed by atoms with E-state index in [1.165, 1.54) is 7.11 Å². The van der Waals surface area contributed by atoms with E-state index in [1.54, 1.807) is 6.92 Å². The Morgan fingerprint density at radius 2 is 1.44 bits per heavy atom. The van der Waals surface area contributed by atoms with E-state index in [1.807, 2.05) is 0 Å². The molecule has 148 valence electrons. The smallest absolute Gasteiger partial charge is 0.189 e. The molecular formula is C14H26O11. The number of rotatable bonds is 6. The van der Waals surface area contributed by atoms with Crippen LogP contribution >= 0.6 is 0 Å². The Morgan fingerprint density at radius 3 is 2.04 bits per heavy atom. The zero-order chi connectivity index (χ0) is 18.7. The van der Waals surface area contributed by atoms with Crippen LogP contribution in [0, 0.1) is 0 Å². The van der Waals surface area contributed by atoms with Gasteiger partial charge in [0.05, 0.1) is 12.7 Å². The van der Waals surface area contributed by atoms with Crippen molar-refractivity contribution >= 4 is 0 Å². The van der Waals surface area contributed by atoms with Crippen LogP contribution in [0.5, 0.6) is 0 Å². The van der Waals surface area contributed by atoms with E-state index >= 15 is 0 Å². The van der Waals surface area contributed by atoms with Gasteiger partial charge < -0.3 is 54.3 Å². The van der Waals surface area contributed by atoms with Crippen LogP contribution in [0.25, 0.3) is 0 Å². The highest BCUT2D eigenvalue weighted by Crippen LogP contribution is 2.25. The summed E-state index contributed by atoms with van der Waals surface area (Å²) in [5, 5.41) is 58.3. The second-order valence-corrected chi connectivity index (χ2v) is 6.04. The molecule has 2 fully saturated rings. The van der Waals surface area contributed by atoms with Crippen LogP contribution in [-0.4, -0.2) is 113 Å². The van der Waals surface area contributed by atoms with Crippen molar-refractivity contribution in [1.29, 1.82) is 0 Å². The van der Waals surface area contributed by atoms with Gasteiger partial charge in [0.15, 0.2) is 19.4 Å². The van der Waals surface area contributed by atoms with Crippen molar-refractivity contribution in [2.45, 2.75) is 68.3 Å². The topological polar surface area (TPSA) is 168 Å². The molecule has 0 aliphatic carbocycles. The molecule has 0 amide bonds. The van der Waals surface area contributed by atoms with E-state index in [4.69, 9.17) is 28.8 Å². The number of aliphatic hydroxyl groups is 6. The van der Waals surface area contributed by atoms with Gasteiger partial charge in [-0.2, -0.15) is 0 Å². The molecule has 6 N–H and O–H groups in total. The molecule has 11 nitrogen and oxygen atoms in total. The quantitative estimate of drug-likeness (QED) is 0.254. The molecule has 25 heavy (non-hydrogen) atoms. The SMILES string of the molecule is CO[C@@H]1OC(C)[C@H](OCO[C@@H]2OC(CO)[C@H](O)C(O)C2O)C(O)C1O. The molecule has 0 aromatic rings. The summed E-state index contributed by atoms with van der Waals surface area (Å²) in [5.41, 5.74) is 0. The van der Waals surface area contributed by atoms with Crippen LogP contribution in [-0.2, 0) is 23.7 Å². The maximum absolute atomic E-state index is 10.1. The molecule has 6 unspecified atom stereocenters. The first-order valence-corrected chi connectivity index (χ1v) is 7.90. The Labute approximate surface area is 144 Å². The van der Waals surface area contributed by atoms with Crippen LogP contribution in [0.1, 0.15) is 6.92 Å². The fourth-order valence-corrected chi connectivity index (χ4v) is 2.82. The first-order valence-electron chi connectivity index (χ1n) is 7.90. The molecule has 0 spiro atoms. The van der Waals surface area contributed by atoms with Crippen LogP contribution in [0.3, 0.4) is 0 Å². The lowest BCUT2D eigenvalue weighted by Gasteiger charge is -2.41. The highest BCUT2D eigenvalue weighted by molar-refractivity contribution is 4.89. The van der Waals surface area contributed by atoms with Gasteiger partial charge in [-0.3, -0.25) is 0 Å². The number of methoxy groups -OCH3 is 1. The predicted molar refractivity (Wildman–Crippen MR) is 77.9 cm³/mol. The molecule has 0 radical (unpaired) electrons. The normalized spacial score (nSPS) is 48.5. The lowest BCUT2D eigenvalue weighted by molar-refractivity contribution is -0.337. The first-order chi connectivity index (χ1) is 11.8. The van der Waals surface area contributed by atoms with Crippen LogP contribution in [0.15, 0.2) is 0 Å². The Morgan fingerprint density at radius 1 is 0.800 bits per heavy atom. The standard InChI is InChI=1S/C14H26O11/c1-5-12(9(18)11(20)13(21-2)24-5)22-4-23-14-10(19)8(17)7(16)6(3-15)25-14/h5-20H,3-4H2,1-2H3/t5?,6?,7-,8?,9?,10?,11?,12-,13+,14+/m0/s1. The molecule has 2 saturated heterocycles. The number of aliphatic hydroxyl groups excluding tert-OH is 6. The minimum atomic E-state index is -1.57. The summed E-state index contributed by atoms with van der Waals surface area (Å²) in [6.45, 7) is 0.560. The maximum atomic E-state index is 10.1. The lowest BCUT2D eigenvalue weighted by Crippen LogP contribution is -2.60. The fourth-order valence-electron chi connectivity index (χ4n) is 2.82. The highest BCUT2D eigenvalue weighted by Gasteiger charge is 2.46. The lowest BCUT2D eigenvalue weighted by atomic mass is 9.99. The third kappa shape index (κ3) is 4.46. The van der Waals surface area contributed by atoms with E-state index < -0.39 is 74.8 Å². The molecular weight excluding hydrogens is 344 g/mol. The van der Waals surface area contributed by atoms with Crippen LogP contribution in [0.2, 0.25) is 0 Å². The molecule has 0 bridgehead atoms. The molecule has 0 aromatic heterocycles. The Kier molecular flexibility index (Phi) is 7.49. The zero-order valence-electron chi connectivity index (χ0n) is 13.9. The average molecular weight is 370 g/mol. The number of hydrogen-bond acceptors (Lipinski definition) is 11. The van der Waals surface area contributed by atoms with Gasteiger partial charge in [0, 0.05) is 7.11 Å². The van der Waals surface area contributed by atoms with Gasteiger partial charge in [0.2, 0.25) is 0 Å². The van der Waals surface area contributed by atoms with E-state index in [9.17, 15) is 25.5 Å². The summed E-state index contributed by atoms with van der Waals surface area (Å²) in [7, 11) is 1.33. The summed E-state index contributed by atoms with van der Waals surface area (Å²) < 4.78 is 25.9. The second-order valence-electron chi connectivity index (χ2n) is 6.04. The van der Waals surface area contributed by atoms with Crippen molar-refractivity contribution in [1.82, 2.24) is 0 Å². The molecule has 2 rings (SSSR count). The van der Waals surface area contributed by atoms with Crippen molar-refractivity contribution in [3.63, 3.8) is 0 Å². The van der Waals surface area contributed by atoms with Gasteiger partial charge in [-0.05, 0) is 6.92 Å². The Balaban J connectivity index is 1.87. The Bertz CT molecular complexity index is 408. The summed E-state index contributed by atoms with van der Waals surface area (Å²) >= 11 is 0. The number of ether oxygens (including phenoxy) is 5. The molecule has 0 saturated carbocycles. The van der Waals surface area contributed by atoms with Gasteiger partial charge >= 0.3 is 0 Å². The van der Waals surface area contributed by atoms with Gasteiger partial charge in [0.1, 0.15) is 42.7 Å². The van der Waals surface area contributed by atoms with E-state index in [2.05, 4.69) is 0 Å². The van der Waals surface area contributed by atoms with Crippen molar-refractivity contribution < 1.29 is 54.3 Å². The molecule has 10 atom stereocenters. The van der Waals surface area contributed by atoms with E-state index in [-0.39, 0.29) is 0 Å². The fraction of sp³-hybridized carbons (Fsp3) is 1.00. The third-order valence-electron chi connectivity index (χ3n) is 4.35. The van der Waals surface area contributed by atoms with Gasteiger partial charge in [0.25, 0.3) is 0 Å². The minimum absolute atomic E-state index is 0.470. The maximum Gasteiger partial charge on any atom is 0.189 e.